The first kappa shape index (κ1) is 18.8. The molecule has 0 aliphatic carbocycles. The normalized spacial score (nSPS) is 11.2. The van der Waals surface area contributed by atoms with E-state index >= 15 is 0 Å². The zero-order valence-electron chi connectivity index (χ0n) is 13.9. The van der Waals surface area contributed by atoms with Crippen LogP contribution in [0.1, 0.15) is 26.3 Å². The lowest BCUT2D eigenvalue weighted by Gasteiger charge is -2.24. The highest BCUT2D eigenvalue weighted by Crippen LogP contribution is 2.22. The minimum absolute atomic E-state index is 0.308. The van der Waals surface area contributed by atoms with E-state index in [9.17, 15) is 4.79 Å². The van der Waals surface area contributed by atoms with Gasteiger partial charge in [-0.3, -0.25) is 0 Å². The Bertz CT molecular complexity index is 501. The molecular weight excluding hydrogens is 348 g/mol. The summed E-state index contributed by atoms with van der Waals surface area (Å²) in [4.78, 5) is 13.4. The summed E-state index contributed by atoms with van der Waals surface area (Å²) in [5.41, 5.74) is 0.642. The summed E-state index contributed by atoms with van der Waals surface area (Å²) >= 11 is 3.52. The SMILES string of the molecule is COc1ccc(Br)c(CNCCN(C)C(=O)OC(C)(C)C)c1. The second kappa shape index (κ2) is 8.39. The van der Waals surface area contributed by atoms with Crippen LogP contribution < -0.4 is 10.1 Å². The van der Waals surface area contributed by atoms with Gasteiger partial charge in [0.15, 0.2) is 0 Å². The predicted molar refractivity (Wildman–Crippen MR) is 91.3 cm³/mol. The van der Waals surface area contributed by atoms with Crippen LogP contribution in [0, 0.1) is 0 Å². The minimum Gasteiger partial charge on any atom is -0.497 e. The van der Waals surface area contributed by atoms with E-state index < -0.39 is 5.60 Å². The zero-order valence-corrected chi connectivity index (χ0v) is 15.5. The molecule has 0 aliphatic rings. The second-order valence-corrected chi connectivity index (χ2v) is 6.89. The molecule has 0 unspecified atom stereocenters. The quantitative estimate of drug-likeness (QED) is 0.777. The summed E-state index contributed by atoms with van der Waals surface area (Å²) in [6.45, 7) is 7.53. The van der Waals surface area contributed by atoms with Crippen molar-refractivity contribution in [1.82, 2.24) is 10.2 Å². The van der Waals surface area contributed by atoms with E-state index in [1.807, 2.05) is 39.0 Å². The molecule has 1 N–H and O–H groups in total. The third kappa shape index (κ3) is 6.66. The van der Waals surface area contributed by atoms with Gasteiger partial charge in [0.2, 0.25) is 0 Å². The van der Waals surface area contributed by atoms with Crippen LogP contribution in [0.3, 0.4) is 0 Å². The molecule has 0 bridgehead atoms. The van der Waals surface area contributed by atoms with Crippen LogP contribution in [-0.2, 0) is 11.3 Å². The van der Waals surface area contributed by atoms with Gasteiger partial charge >= 0.3 is 6.09 Å². The fraction of sp³-hybridized carbons (Fsp3) is 0.562. The molecule has 1 rings (SSSR count). The third-order valence-corrected chi connectivity index (χ3v) is 3.67. The van der Waals surface area contributed by atoms with Gasteiger partial charge in [-0.2, -0.15) is 0 Å². The minimum atomic E-state index is -0.468. The monoisotopic (exact) mass is 372 g/mol. The number of carbonyl (C=O) groups is 1. The van der Waals surface area contributed by atoms with Gasteiger partial charge in [-0.1, -0.05) is 15.9 Å². The summed E-state index contributed by atoms with van der Waals surface area (Å²) in [6.07, 6.45) is -0.308. The fourth-order valence-electron chi connectivity index (χ4n) is 1.71. The molecule has 22 heavy (non-hydrogen) atoms. The lowest BCUT2D eigenvalue weighted by atomic mass is 10.2. The highest BCUT2D eigenvalue weighted by Gasteiger charge is 2.19. The average molecular weight is 373 g/mol. The van der Waals surface area contributed by atoms with E-state index in [0.717, 1.165) is 15.8 Å². The number of likely N-dealkylation sites (N-methyl/N-ethyl adjacent to an activating group) is 1. The Morgan fingerprint density at radius 1 is 1.36 bits per heavy atom. The van der Waals surface area contributed by atoms with Crippen molar-refractivity contribution in [3.8, 4) is 5.75 Å². The van der Waals surface area contributed by atoms with E-state index in [1.165, 1.54) is 0 Å². The number of nitrogens with one attached hydrogen (secondary N) is 1. The fourth-order valence-corrected chi connectivity index (χ4v) is 2.10. The third-order valence-electron chi connectivity index (χ3n) is 2.90. The predicted octanol–water partition coefficient (Wildman–Crippen LogP) is 3.41. The van der Waals surface area contributed by atoms with Crippen LogP contribution in [0.4, 0.5) is 4.79 Å². The van der Waals surface area contributed by atoms with Gasteiger partial charge in [0.1, 0.15) is 11.4 Å². The number of amides is 1. The van der Waals surface area contributed by atoms with Crippen molar-refractivity contribution in [3.05, 3.63) is 28.2 Å². The highest BCUT2D eigenvalue weighted by atomic mass is 79.9. The number of hydrogen-bond donors (Lipinski definition) is 1. The van der Waals surface area contributed by atoms with Gasteiger partial charge in [-0.05, 0) is 44.5 Å². The highest BCUT2D eigenvalue weighted by molar-refractivity contribution is 9.10. The first-order valence-corrected chi connectivity index (χ1v) is 7.99. The van der Waals surface area contributed by atoms with Crippen molar-refractivity contribution in [2.75, 3.05) is 27.2 Å². The largest absolute Gasteiger partial charge is 0.497 e. The van der Waals surface area contributed by atoms with E-state index in [2.05, 4.69) is 21.2 Å². The Hall–Kier alpha value is -1.27. The summed E-state index contributed by atoms with van der Waals surface area (Å²) in [5.74, 6) is 0.825. The number of halogens is 1. The number of benzene rings is 1. The number of methoxy groups -OCH3 is 1. The van der Waals surface area contributed by atoms with Gasteiger partial charge in [0.05, 0.1) is 7.11 Å². The van der Waals surface area contributed by atoms with Crippen LogP contribution in [0.15, 0.2) is 22.7 Å². The summed E-state index contributed by atoms with van der Waals surface area (Å²) in [7, 11) is 3.38. The second-order valence-electron chi connectivity index (χ2n) is 6.04. The van der Waals surface area contributed by atoms with Crippen molar-refractivity contribution in [2.24, 2.45) is 0 Å². The Balaban J connectivity index is 2.37. The zero-order chi connectivity index (χ0) is 16.8. The molecule has 5 nitrogen and oxygen atoms in total. The van der Waals surface area contributed by atoms with Crippen LogP contribution in [0.2, 0.25) is 0 Å². The summed E-state index contributed by atoms with van der Waals surface area (Å²) in [6, 6.07) is 5.85. The molecule has 0 radical (unpaired) electrons. The number of nitrogens with zero attached hydrogens (tertiary/aromatic N) is 1. The first-order chi connectivity index (χ1) is 10.2. The standard InChI is InChI=1S/C16H25BrN2O3/c1-16(2,3)22-15(20)19(4)9-8-18-11-12-10-13(21-5)6-7-14(12)17/h6-7,10,18H,8-9,11H2,1-5H3. The van der Waals surface area contributed by atoms with E-state index in [-0.39, 0.29) is 6.09 Å². The van der Waals surface area contributed by atoms with Crippen LogP contribution in [0.5, 0.6) is 5.75 Å². The van der Waals surface area contributed by atoms with E-state index in [1.54, 1.807) is 19.1 Å². The van der Waals surface area contributed by atoms with Gasteiger partial charge in [-0.15, -0.1) is 0 Å². The lowest BCUT2D eigenvalue weighted by Crippen LogP contribution is -2.37. The summed E-state index contributed by atoms with van der Waals surface area (Å²) < 4.78 is 11.5. The molecule has 6 heteroatoms. The van der Waals surface area contributed by atoms with Crippen molar-refractivity contribution in [2.45, 2.75) is 32.9 Å². The molecule has 0 saturated heterocycles. The maximum atomic E-state index is 11.8. The average Bonchev–Trinajstić information content (AvgIpc) is 2.43. The first-order valence-electron chi connectivity index (χ1n) is 7.20. The molecule has 0 fully saturated rings. The molecule has 124 valence electrons. The molecule has 1 aromatic rings. The van der Waals surface area contributed by atoms with Crippen LogP contribution >= 0.6 is 15.9 Å². The van der Waals surface area contributed by atoms with Crippen molar-refractivity contribution >= 4 is 22.0 Å². The lowest BCUT2D eigenvalue weighted by molar-refractivity contribution is 0.0300. The van der Waals surface area contributed by atoms with Crippen molar-refractivity contribution in [3.63, 3.8) is 0 Å². The smallest absolute Gasteiger partial charge is 0.410 e. The maximum absolute atomic E-state index is 11.8. The van der Waals surface area contributed by atoms with Gasteiger partial charge in [0.25, 0.3) is 0 Å². The van der Waals surface area contributed by atoms with Crippen LogP contribution in [0.25, 0.3) is 0 Å². The van der Waals surface area contributed by atoms with Gasteiger partial charge < -0.3 is 19.7 Å². The van der Waals surface area contributed by atoms with E-state index in [0.29, 0.717) is 19.6 Å². The maximum Gasteiger partial charge on any atom is 0.410 e. The number of hydrogen-bond acceptors (Lipinski definition) is 4. The van der Waals surface area contributed by atoms with Gasteiger partial charge in [-0.25, -0.2) is 4.79 Å². The Morgan fingerprint density at radius 2 is 2.05 bits per heavy atom. The van der Waals surface area contributed by atoms with Crippen molar-refractivity contribution < 1.29 is 14.3 Å². The molecule has 0 aromatic heterocycles. The van der Waals surface area contributed by atoms with E-state index in [4.69, 9.17) is 9.47 Å². The molecule has 1 aromatic carbocycles. The summed E-state index contributed by atoms with van der Waals surface area (Å²) in [5, 5.41) is 3.31. The van der Waals surface area contributed by atoms with Crippen LogP contribution in [-0.4, -0.2) is 43.8 Å². The van der Waals surface area contributed by atoms with Crippen molar-refractivity contribution in [1.29, 1.82) is 0 Å². The number of ether oxygens (including phenoxy) is 2. The Morgan fingerprint density at radius 3 is 2.64 bits per heavy atom. The molecule has 0 saturated carbocycles. The molecule has 1 amide bonds. The molecular formula is C16H25BrN2O3. The molecule has 0 aliphatic heterocycles. The molecule has 0 spiro atoms. The Kier molecular flexibility index (Phi) is 7.16. The number of carbonyl (C=O) groups excluding carboxylic acids is 1. The topological polar surface area (TPSA) is 50.8 Å². The van der Waals surface area contributed by atoms with Gasteiger partial charge in [0, 0.05) is 31.2 Å². The Labute approximate surface area is 141 Å². The molecule has 0 atom stereocenters. The number of rotatable bonds is 6. The molecule has 0 heterocycles.